The molecule has 17 N–H and O–H groups in total. The number of imidazole rings is 1. The van der Waals surface area contributed by atoms with Crippen LogP contribution in [0.3, 0.4) is 0 Å². The minimum Gasteiger partial charge on any atom is -0.394 e. The predicted octanol–water partition coefficient (Wildman–Crippen LogP) is 3.16. The van der Waals surface area contributed by atoms with Crippen LogP contribution >= 0.6 is 7.82 Å². The van der Waals surface area contributed by atoms with Gasteiger partial charge in [-0.3, -0.25) is 57.6 Å². The highest BCUT2D eigenvalue weighted by Gasteiger charge is 2.66. The first kappa shape index (κ1) is 68.9. The van der Waals surface area contributed by atoms with Gasteiger partial charge >= 0.3 is 7.82 Å². The molecule has 15 atom stereocenters. The molecule has 0 aliphatic carbocycles. The normalized spacial score (nSPS) is 32.8. The first-order valence-electron chi connectivity index (χ1n) is 30.6. The molecular formula is C62H90N13O14P. The summed E-state index contributed by atoms with van der Waals surface area (Å²) in [7, 11) is -5.07. The SMILES string of the molecule is CC1=C2N=C(C=C3N/C(=C(/C)C4=N[C@@](C)([C@@H]5N=C1[C@](C)(CCC(=O)NC[C@@H](C)OP(=O)(O)O[C@@H]1[C@@H](O)[C@@H](n6cnc7cc(C)c(C)cc76)O[C@@H]1CO)[C@H]5CC(N)=O)[C@@](C)(CC(N)=O)[C@@H]4CCC(N)=O)[C@@](C)(CC(N)=O)[C@@H]3CCC(N)=O)C(C)(C)[C@@H]2CCC(N)=O. The van der Waals surface area contributed by atoms with E-state index < -0.39 is 143 Å². The highest BCUT2D eigenvalue weighted by atomic mass is 31.2. The van der Waals surface area contributed by atoms with Crippen LogP contribution < -0.4 is 45.0 Å². The molecule has 8 bridgehead atoms. The van der Waals surface area contributed by atoms with Gasteiger partial charge in [-0.2, -0.15) is 0 Å². The van der Waals surface area contributed by atoms with Crippen LogP contribution in [-0.4, -0.2) is 132 Å². The monoisotopic (exact) mass is 1270 g/mol. The number of carbonyl (C=O) groups is 7. The Balaban J connectivity index is 1.19. The number of nitrogens with zero attached hydrogens (tertiary/aromatic N) is 5. The number of fused-ring (bicyclic) bond motifs is 7. The molecule has 6 aliphatic rings. The first-order valence-corrected chi connectivity index (χ1v) is 32.1. The third kappa shape index (κ3) is 13.0. The largest absolute Gasteiger partial charge is 0.472 e. The van der Waals surface area contributed by atoms with Gasteiger partial charge in [-0.05, 0) is 108 Å². The van der Waals surface area contributed by atoms with Crippen LogP contribution in [0.15, 0.2) is 67.8 Å². The summed E-state index contributed by atoms with van der Waals surface area (Å²) in [5.41, 5.74) is 37.4. The number of carbonyl (C=O) groups excluding carboxylic acids is 7. The Bertz CT molecular complexity index is 3540. The van der Waals surface area contributed by atoms with Crippen molar-refractivity contribution < 1.29 is 67.0 Å². The lowest BCUT2D eigenvalue weighted by Gasteiger charge is -2.48. The van der Waals surface area contributed by atoms with Gasteiger partial charge in [0.15, 0.2) is 6.23 Å². The molecule has 1 unspecified atom stereocenters. The minimum absolute atomic E-state index is 0.0114. The molecule has 90 heavy (non-hydrogen) atoms. The van der Waals surface area contributed by atoms with E-state index >= 15 is 0 Å². The van der Waals surface area contributed by atoms with Gasteiger partial charge in [-0.15, -0.1) is 0 Å². The third-order valence-electron chi connectivity index (χ3n) is 20.6. The van der Waals surface area contributed by atoms with Gasteiger partial charge in [-0.25, -0.2) is 9.55 Å². The maximum atomic E-state index is 14.4. The summed E-state index contributed by atoms with van der Waals surface area (Å²) in [6, 6.07) is 2.70. The summed E-state index contributed by atoms with van der Waals surface area (Å²) in [5, 5.41) is 28.2. The number of aromatic nitrogens is 2. The van der Waals surface area contributed by atoms with Crippen LogP contribution in [0.4, 0.5) is 0 Å². The van der Waals surface area contributed by atoms with Crippen LogP contribution in [0.2, 0.25) is 0 Å². The number of aliphatic hydroxyl groups excluding tert-OH is 2. The Kier molecular flexibility index (Phi) is 19.6. The molecule has 0 radical (unpaired) electrons. The molecule has 6 aliphatic heterocycles. The van der Waals surface area contributed by atoms with Crippen molar-refractivity contribution in [3.63, 3.8) is 0 Å². The van der Waals surface area contributed by atoms with Gasteiger partial charge in [-0.1, -0.05) is 34.6 Å². The molecule has 1 aromatic heterocycles. The number of benzene rings is 1. The average Bonchev–Trinajstić information content (AvgIpc) is 1.53. The van der Waals surface area contributed by atoms with E-state index in [0.29, 0.717) is 56.4 Å². The van der Waals surface area contributed by atoms with E-state index in [1.54, 1.807) is 4.57 Å². The van der Waals surface area contributed by atoms with Crippen molar-refractivity contribution in [2.45, 2.75) is 189 Å². The van der Waals surface area contributed by atoms with Crippen molar-refractivity contribution in [3.8, 4) is 0 Å². The molecule has 2 aromatic rings. The Morgan fingerprint density at radius 1 is 0.800 bits per heavy atom. The van der Waals surface area contributed by atoms with E-state index in [1.807, 2.05) is 87.4 Å². The van der Waals surface area contributed by atoms with Crippen molar-refractivity contribution in [2.24, 2.45) is 94.7 Å². The number of primary amides is 6. The smallest absolute Gasteiger partial charge is 0.394 e. The molecular weight excluding hydrogens is 1180 g/mol. The zero-order valence-electron chi connectivity index (χ0n) is 53.3. The van der Waals surface area contributed by atoms with E-state index in [1.165, 1.54) is 13.3 Å². The highest BCUT2D eigenvalue weighted by Crippen LogP contribution is 2.63. The number of aliphatic imine (C=N–C) groups is 3. The maximum Gasteiger partial charge on any atom is 0.472 e. The van der Waals surface area contributed by atoms with Gasteiger partial charge in [0.25, 0.3) is 0 Å². The Labute approximate surface area is 523 Å². The topological polar surface area (TPSA) is 460 Å². The number of amides is 7. The summed E-state index contributed by atoms with van der Waals surface area (Å²) in [6.07, 6.45) is -4.26. The number of nitrogens with one attached hydrogen (secondary N) is 2. The summed E-state index contributed by atoms with van der Waals surface area (Å²) in [4.78, 5) is 126. The molecule has 1 aromatic carbocycles. The van der Waals surface area contributed by atoms with Gasteiger partial charge in [0, 0.05) is 131 Å². The molecule has 0 spiro atoms. The quantitative estimate of drug-likeness (QED) is 0.0603. The van der Waals surface area contributed by atoms with Crippen LogP contribution in [-0.2, 0) is 51.9 Å². The zero-order chi connectivity index (χ0) is 66.7. The number of aliphatic hydroxyl groups is 2. The fourth-order valence-electron chi connectivity index (χ4n) is 15.4. The van der Waals surface area contributed by atoms with Crippen molar-refractivity contribution >= 4 is 77.3 Å². The van der Waals surface area contributed by atoms with Crippen molar-refractivity contribution in [1.29, 1.82) is 0 Å². The second kappa shape index (κ2) is 25.6. The number of phosphoric ester groups is 1. The average molecular weight is 1270 g/mol. The van der Waals surface area contributed by atoms with Gasteiger partial charge in [0.1, 0.15) is 18.3 Å². The number of phosphoric acid groups is 1. The van der Waals surface area contributed by atoms with Crippen molar-refractivity contribution in [1.82, 2.24) is 20.2 Å². The molecule has 8 rings (SSSR count). The lowest BCUT2D eigenvalue weighted by Crippen LogP contribution is -2.56. The Morgan fingerprint density at radius 3 is 1.99 bits per heavy atom. The first-order chi connectivity index (χ1) is 41.8. The molecule has 7 amide bonds. The third-order valence-corrected chi connectivity index (χ3v) is 21.7. The minimum atomic E-state index is -5.07. The zero-order valence-corrected chi connectivity index (χ0v) is 54.1. The molecule has 0 saturated carbocycles. The number of allylic oxidation sites excluding steroid dienone is 6. The fourth-order valence-corrected chi connectivity index (χ4v) is 16.6. The highest BCUT2D eigenvalue weighted by molar-refractivity contribution is 7.47. The Morgan fingerprint density at radius 2 is 1.40 bits per heavy atom. The summed E-state index contributed by atoms with van der Waals surface area (Å²) >= 11 is 0. The van der Waals surface area contributed by atoms with E-state index in [9.17, 15) is 53.2 Å². The maximum absolute atomic E-state index is 14.4. The number of aryl methyl sites for hydroxylation is 2. The second-order valence-corrected chi connectivity index (χ2v) is 28.4. The number of rotatable bonds is 26. The fraction of sp³-hybridized carbons (Fsp3) is 0.629. The van der Waals surface area contributed by atoms with Crippen LogP contribution in [0.1, 0.15) is 150 Å². The standard InChI is InChI=1S/C62H90N13O14P/c1-29-20-39-40(21-30(29)2)75(28-70-39)57-52(84)53(41(27-76)87-57)89-90(85,86)88-31(3)26-69-49(83)18-19-59(8)37(22-46(66)80)56-62(11)61(10,25-48(68)82)36(14-17-45(65)79)51(74-62)33(5)55-60(9,24-47(67)81)34(12-15-43(63)77)38(71-55)23-42-58(6,7)35(13-16-44(64)78)50(72-42)32(4)54(59)73-56/h20-21,23,28,31,34-37,41,52-53,56-57,71,76,84H,12-19,22,24-27H2,1-11H3,(H2,63,77)(H2,64,78)(H2,65,79)(H2,66,80)(H2,67,81)(H2,68,82)(H,69,83)(H,85,86)/b38-23?,50-32?,55-33-/t31-,34-,35-,36-,37+,41-,52-,53+,56-,57+,59-,60+,61+,62+/m1/s1. The van der Waals surface area contributed by atoms with E-state index in [-0.39, 0.29) is 77.2 Å². The lowest BCUT2D eigenvalue weighted by atomic mass is 9.55. The molecule has 2 saturated heterocycles. The van der Waals surface area contributed by atoms with Crippen molar-refractivity contribution in [2.75, 3.05) is 13.2 Å². The molecule has 28 heteroatoms. The molecule has 7 heterocycles. The predicted molar refractivity (Wildman–Crippen MR) is 334 cm³/mol. The molecule has 2 fully saturated rings. The molecule has 27 nitrogen and oxygen atoms in total. The molecule has 492 valence electrons. The van der Waals surface area contributed by atoms with E-state index in [2.05, 4.69) is 15.6 Å². The van der Waals surface area contributed by atoms with E-state index in [4.69, 9.17) is 63.2 Å². The Hall–Kier alpha value is -7.00. The number of ether oxygens (including phenoxy) is 1. The van der Waals surface area contributed by atoms with Gasteiger partial charge in [0.05, 0.1) is 41.7 Å². The van der Waals surface area contributed by atoms with Gasteiger partial charge in [0.2, 0.25) is 41.4 Å². The number of hydrogen-bond acceptors (Lipinski definition) is 18. The van der Waals surface area contributed by atoms with E-state index in [0.717, 1.165) is 11.1 Å². The number of hydrogen-bond donors (Lipinski definition) is 11. The second-order valence-electron chi connectivity index (χ2n) is 27.1. The van der Waals surface area contributed by atoms with Crippen LogP contribution in [0, 0.1) is 59.2 Å². The summed E-state index contributed by atoms with van der Waals surface area (Å²) in [5.74, 6) is -7.18. The summed E-state index contributed by atoms with van der Waals surface area (Å²) in [6.45, 7) is 19.3. The van der Waals surface area contributed by atoms with Gasteiger partial charge < -0.3 is 69.4 Å². The number of nitrogens with two attached hydrogens (primary N) is 6. The van der Waals surface area contributed by atoms with Crippen molar-refractivity contribution in [3.05, 3.63) is 63.9 Å². The van der Waals surface area contributed by atoms with Crippen LogP contribution in [0.5, 0.6) is 0 Å². The van der Waals surface area contributed by atoms with Crippen LogP contribution in [0.25, 0.3) is 11.0 Å². The lowest BCUT2D eigenvalue weighted by molar-refractivity contribution is -0.124. The summed E-state index contributed by atoms with van der Waals surface area (Å²) < 4.78 is 32.3.